The van der Waals surface area contributed by atoms with Crippen molar-refractivity contribution >= 4 is 23.6 Å². The van der Waals surface area contributed by atoms with Crippen molar-refractivity contribution in [1.29, 1.82) is 0 Å². The Morgan fingerprint density at radius 3 is 2.31 bits per heavy atom. The lowest BCUT2D eigenvalue weighted by Gasteiger charge is -2.38. The monoisotopic (exact) mass is 514 g/mol. The Hall–Kier alpha value is -3.01. The van der Waals surface area contributed by atoms with Crippen LogP contribution in [0.1, 0.15) is 36.7 Å². The van der Waals surface area contributed by atoms with Crippen LogP contribution < -0.4 is 10.1 Å². The van der Waals surface area contributed by atoms with Gasteiger partial charge >= 0.3 is 6.09 Å². The second-order valence-electron chi connectivity index (χ2n) is 9.61. The molecule has 6 nitrogen and oxygen atoms in total. The predicted octanol–water partition coefficient (Wildman–Crippen LogP) is 5.20. The average Bonchev–Trinajstić information content (AvgIpc) is 3.12. The summed E-state index contributed by atoms with van der Waals surface area (Å²) in [5.41, 5.74) is -0.358. The Morgan fingerprint density at radius 1 is 1.14 bits per heavy atom. The summed E-state index contributed by atoms with van der Waals surface area (Å²) >= 11 is 6.34. The zero-order chi connectivity index (χ0) is 25.7. The first-order chi connectivity index (χ1) is 16.2. The van der Waals surface area contributed by atoms with Gasteiger partial charge < -0.3 is 19.7 Å². The van der Waals surface area contributed by atoms with Crippen molar-refractivity contribution < 1.29 is 36.6 Å². The van der Waals surface area contributed by atoms with Gasteiger partial charge in [-0.1, -0.05) is 11.6 Å². The fraction of sp³-hybridized carbons (Fsp3) is 0.417. The zero-order valence-corrected chi connectivity index (χ0v) is 19.9. The molecule has 4 rings (SSSR count). The summed E-state index contributed by atoms with van der Waals surface area (Å²) in [7, 11) is 0. The van der Waals surface area contributed by atoms with Gasteiger partial charge in [-0.25, -0.2) is 22.4 Å². The van der Waals surface area contributed by atoms with Crippen molar-refractivity contribution in [2.75, 3.05) is 19.6 Å². The van der Waals surface area contributed by atoms with Crippen molar-refractivity contribution in [3.05, 3.63) is 52.0 Å². The van der Waals surface area contributed by atoms with Crippen LogP contribution in [-0.4, -0.2) is 54.2 Å². The summed E-state index contributed by atoms with van der Waals surface area (Å²) in [4.78, 5) is 24.8. The summed E-state index contributed by atoms with van der Waals surface area (Å²) in [6.07, 6.45) is -0.636. The fourth-order valence-corrected chi connectivity index (χ4v) is 4.22. The predicted molar refractivity (Wildman–Crippen MR) is 120 cm³/mol. The normalized spacial score (nSPS) is 18.4. The van der Waals surface area contributed by atoms with Crippen molar-refractivity contribution in [2.45, 2.75) is 44.8 Å². The van der Waals surface area contributed by atoms with Crippen molar-refractivity contribution in [3.8, 4) is 16.9 Å². The smallest absolute Gasteiger partial charge is 0.407 e. The number of nitrogens with one attached hydrogen (secondary N) is 1. The third kappa shape index (κ3) is 5.47. The largest absolute Gasteiger partial charge is 0.486 e. The summed E-state index contributed by atoms with van der Waals surface area (Å²) < 4.78 is 66.5. The van der Waals surface area contributed by atoms with Gasteiger partial charge in [-0.2, -0.15) is 0 Å². The van der Waals surface area contributed by atoms with Gasteiger partial charge in [0.15, 0.2) is 0 Å². The van der Waals surface area contributed by atoms with Crippen LogP contribution in [0.3, 0.4) is 0 Å². The summed E-state index contributed by atoms with van der Waals surface area (Å²) in [5.74, 6) is -6.09. The molecule has 0 bridgehead atoms. The van der Waals surface area contributed by atoms with Crippen LogP contribution in [0.4, 0.5) is 22.4 Å². The SMILES string of the molecule is CC(C)(C)OC(=O)NCC1Cc2cc(-c3cc(F)c(C(=O)N4CC(F)(F)C4)c(F)c3)cc(Cl)c2O1. The lowest BCUT2D eigenvalue weighted by Crippen LogP contribution is -2.58. The quantitative estimate of drug-likeness (QED) is 0.569. The molecule has 2 amide bonds. The van der Waals surface area contributed by atoms with Crippen LogP contribution in [-0.2, 0) is 11.2 Å². The minimum absolute atomic E-state index is 0.116. The number of halogens is 5. The average molecular weight is 515 g/mol. The first kappa shape index (κ1) is 25.1. The van der Waals surface area contributed by atoms with Crippen LogP contribution in [0.15, 0.2) is 24.3 Å². The van der Waals surface area contributed by atoms with E-state index >= 15 is 0 Å². The first-order valence-electron chi connectivity index (χ1n) is 10.8. The highest BCUT2D eigenvalue weighted by atomic mass is 35.5. The van der Waals surface area contributed by atoms with E-state index < -0.39 is 59.9 Å². The number of alkyl carbamates (subject to hydrolysis) is 1. The minimum Gasteiger partial charge on any atom is -0.486 e. The molecule has 2 aliphatic rings. The van der Waals surface area contributed by atoms with E-state index in [9.17, 15) is 27.2 Å². The number of fused-ring (bicyclic) bond motifs is 1. The Labute approximate surface area is 204 Å². The number of carbonyl (C=O) groups excluding carboxylic acids is 2. The molecule has 188 valence electrons. The highest BCUT2D eigenvalue weighted by Gasteiger charge is 2.47. The van der Waals surface area contributed by atoms with Gasteiger partial charge in [-0.15, -0.1) is 0 Å². The van der Waals surface area contributed by atoms with Gasteiger partial charge in [0.25, 0.3) is 11.8 Å². The molecule has 0 aromatic heterocycles. The first-order valence-corrected chi connectivity index (χ1v) is 11.2. The molecule has 35 heavy (non-hydrogen) atoms. The van der Waals surface area contributed by atoms with E-state index in [1.54, 1.807) is 26.8 Å². The van der Waals surface area contributed by atoms with E-state index in [0.29, 0.717) is 28.2 Å². The van der Waals surface area contributed by atoms with Crippen molar-refractivity contribution in [1.82, 2.24) is 10.2 Å². The maximum absolute atomic E-state index is 14.7. The van der Waals surface area contributed by atoms with E-state index in [2.05, 4.69) is 5.32 Å². The molecule has 2 aromatic carbocycles. The highest BCUT2D eigenvalue weighted by Crippen LogP contribution is 2.40. The molecule has 11 heteroatoms. The number of carbonyl (C=O) groups is 2. The van der Waals surface area contributed by atoms with Crippen molar-refractivity contribution in [2.24, 2.45) is 0 Å². The molecule has 2 heterocycles. The Balaban J connectivity index is 1.49. The lowest BCUT2D eigenvalue weighted by molar-refractivity contribution is -0.113. The number of nitrogens with zero attached hydrogens (tertiary/aromatic N) is 1. The molecule has 2 aromatic rings. The molecule has 1 saturated heterocycles. The zero-order valence-electron chi connectivity index (χ0n) is 19.2. The molecular weight excluding hydrogens is 492 g/mol. The van der Waals surface area contributed by atoms with Crippen LogP contribution >= 0.6 is 11.6 Å². The maximum Gasteiger partial charge on any atom is 0.407 e. The van der Waals surface area contributed by atoms with E-state index in [4.69, 9.17) is 21.1 Å². The van der Waals surface area contributed by atoms with Crippen LogP contribution in [0, 0.1) is 11.6 Å². The number of hydrogen-bond donors (Lipinski definition) is 1. The van der Waals surface area contributed by atoms with E-state index in [1.807, 2.05) is 0 Å². The number of rotatable bonds is 4. The molecule has 2 aliphatic heterocycles. The molecular formula is C24H23ClF4N2O4. The van der Waals surface area contributed by atoms with Gasteiger partial charge in [0, 0.05) is 12.0 Å². The van der Waals surface area contributed by atoms with E-state index in [-0.39, 0.29) is 17.1 Å². The topological polar surface area (TPSA) is 67.9 Å². The summed E-state index contributed by atoms with van der Waals surface area (Å²) in [6, 6.07) is 5.05. The number of alkyl halides is 2. The number of amides is 2. The van der Waals surface area contributed by atoms with Gasteiger partial charge in [0.1, 0.15) is 34.7 Å². The Morgan fingerprint density at radius 2 is 1.74 bits per heavy atom. The van der Waals surface area contributed by atoms with E-state index in [0.717, 1.165) is 12.1 Å². The number of ether oxygens (including phenoxy) is 2. The summed E-state index contributed by atoms with van der Waals surface area (Å²) in [6.45, 7) is 3.63. The van der Waals surface area contributed by atoms with Crippen LogP contribution in [0.25, 0.3) is 11.1 Å². The van der Waals surface area contributed by atoms with Crippen LogP contribution in [0.2, 0.25) is 5.02 Å². The van der Waals surface area contributed by atoms with E-state index in [1.165, 1.54) is 6.07 Å². The summed E-state index contributed by atoms with van der Waals surface area (Å²) in [5, 5.41) is 2.84. The number of benzene rings is 2. The third-order valence-electron chi connectivity index (χ3n) is 5.45. The Kier molecular flexibility index (Phi) is 6.37. The fourth-order valence-electron chi connectivity index (χ4n) is 3.94. The standard InChI is InChI=1S/C24H23ClF4N2O4/c1-23(2,3)35-22(33)30-9-15-5-14-4-12(6-16(25)20(14)34-15)13-7-17(26)19(18(27)8-13)21(32)31-10-24(28,29)11-31/h4,6-8,15H,5,9-11H2,1-3H3,(H,30,33). The molecule has 0 saturated carbocycles. The Bertz CT molecular complexity index is 1170. The molecule has 0 aliphatic carbocycles. The van der Waals surface area contributed by atoms with Gasteiger partial charge in [-0.3, -0.25) is 4.79 Å². The van der Waals surface area contributed by atoms with Crippen LogP contribution in [0.5, 0.6) is 5.75 Å². The third-order valence-corrected chi connectivity index (χ3v) is 5.73. The lowest BCUT2D eigenvalue weighted by atomic mass is 9.98. The molecule has 1 N–H and O–H groups in total. The maximum atomic E-state index is 14.7. The molecule has 0 spiro atoms. The van der Waals surface area contributed by atoms with Crippen molar-refractivity contribution in [3.63, 3.8) is 0 Å². The molecule has 1 atom stereocenters. The van der Waals surface area contributed by atoms with Gasteiger partial charge in [0.05, 0.1) is 24.7 Å². The van der Waals surface area contributed by atoms with Gasteiger partial charge in [-0.05, 0) is 56.2 Å². The van der Waals surface area contributed by atoms with Gasteiger partial charge in [0.2, 0.25) is 0 Å². The highest BCUT2D eigenvalue weighted by molar-refractivity contribution is 6.32. The molecule has 0 radical (unpaired) electrons. The minimum atomic E-state index is -3.05. The number of hydrogen-bond acceptors (Lipinski definition) is 4. The second-order valence-corrected chi connectivity index (χ2v) is 10.0. The second kappa shape index (κ2) is 8.89. The molecule has 1 fully saturated rings. The number of likely N-dealkylation sites (tertiary alicyclic amines) is 1. The molecule has 1 unspecified atom stereocenters.